The minimum atomic E-state index is -5.20. The lowest BCUT2D eigenvalue weighted by Gasteiger charge is -2.25. The van der Waals surface area contributed by atoms with E-state index in [-0.39, 0.29) is 49.7 Å². The monoisotopic (exact) mass is 460 g/mol. The third kappa shape index (κ3) is 6.11. The SMILES string of the molecule is O=C(NS(=O)(=O)C=C1CCN(C(=O)O)CC1)c1cc(C(F)(F)F)cc(C(F)(F)F)c1. The predicted molar refractivity (Wildman–Crippen MR) is 89.7 cm³/mol. The third-order valence-electron chi connectivity index (χ3n) is 4.08. The first-order chi connectivity index (χ1) is 13.6. The fourth-order valence-electron chi connectivity index (χ4n) is 2.63. The lowest BCUT2D eigenvalue weighted by molar-refractivity contribution is -0.143. The molecule has 0 saturated carbocycles. The number of hydrogen-bond donors (Lipinski definition) is 2. The molecule has 0 spiro atoms. The molecule has 30 heavy (non-hydrogen) atoms. The summed E-state index contributed by atoms with van der Waals surface area (Å²) in [6, 6.07) is 0.0284. The summed E-state index contributed by atoms with van der Waals surface area (Å²) in [7, 11) is -4.55. The average molecular weight is 460 g/mol. The zero-order chi connectivity index (χ0) is 22.9. The van der Waals surface area contributed by atoms with Crippen LogP contribution in [0.25, 0.3) is 0 Å². The molecule has 14 heteroatoms. The van der Waals surface area contributed by atoms with E-state index in [1.807, 2.05) is 0 Å². The summed E-state index contributed by atoms with van der Waals surface area (Å²) in [5.74, 6) is -1.67. The summed E-state index contributed by atoms with van der Waals surface area (Å²) in [5.41, 5.74) is -4.42. The van der Waals surface area contributed by atoms with Crippen molar-refractivity contribution >= 4 is 22.0 Å². The molecular formula is C16H14F6N2O5S. The van der Waals surface area contributed by atoms with Crippen molar-refractivity contribution in [3.63, 3.8) is 0 Å². The second kappa shape index (κ2) is 8.16. The van der Waals surface area contributed by atoms with E-state index >= 15 is 0 Å². The molecule has 0 atom stereocenters. The first-order valence-corrected chi connectivity index (χ1v) is 9.67. The lowest BCUT2D eigenvalue weighted by Crippen LogP contribution is -2.35. The van der Waals surface area contributed by atoms with Crippen molar-refractivity contribution in [2.45, 2.75) is 25.2 Å². The van der Waals surface area contributed by atoms with Crippen molar-refractivity contribution < 1.29 is 49.5 Å². The first kappa shape index (κ1) is 23.5. The molecule has 1 saturated heterocycles. The Balaban J connectivity index is 2.26. The maximum Gasteiger partial charge on any atom is 0.416 e. The zero-order valence-corrected chi connectivity index (χ0v) is 15.7. The van der Waals surface area contributed by atoms with Gasteiger partial charge in [-0.2, -0.15) is 26.3 Å². The smallest absolute Gasteiger partial charge is 0.416 e. The Bertz CT molecular complexity index is 943. The van der Waals surface area contributed by atoms with Crippen LogP contribution in [0.15, 0.2) is 29.2 Å². The molecule has 1 aromatic rings. The summed E-state index contributed by atoms with van der Waals surface area (Å²) >= 11 is 0. The maximum atomic E-state index is 12.9. The highest BCUT2D eigenvalue weighted by atomic mass is 32.2. The second-order valence-electron chi connectivity index (χ2n) is 6.32. The number of sulfonamides is 1. The van der Waals surface area contributed by atoms with Crippen molar-refractivity contribution in [3.05, 3.63) is 45.9 Å². The van der Waals surface area contributed by atoms with Gasteiger partial charge >= 0.3 is 18.4 Å². The van der Waals surface area contributed by atoms with Gasteiger partial charge in [0.1, 0.15) is 0 Å². The molecule has 1 heterocycles. The Kier molecular flexibility index (Phi) is 6.40. The van der Waals surface area contributed by atoms with Crippen LogP contribution in [-0.4, -0.2) is 43.5 Å². The molecule has 1 fully saturated rings. The molecule has 2 amide bonds. The van der Waals surface area contributed by atoms with Crippen molar-refractivity contribution in [2.24, 2.45) is 0 Å². The van der Waals surface area contributed by atoms with Crippen LogP contribution in [-0.2, 0) is 22.4 Å². The van der Waals surface area contributed by atoms with E-state index in [9.17, 15) is 44.3 Å². The van der Waals surface area contributed by atoms with Crippen LogP contribution >= 0.6 is 0 Å². The number of rotatable bonds is 3. The number of halogens is 6. The summed E-state index contributed by atoms with van der Waals surface area (Å²) in [5, 5.41) is 9.45. The first-order valence-electron chi connectivity index (χ1n) is 8.12. The van der Waals surface area contributed by atoms with Crippen LogP contribution in [0.3, 0.4) is 0 Å². The minimum Gasteiger partial charge on any atom is -0.465 e. The highest BCUT2D eigenvalue weighted by Crippen LogP contribution is 2.36. The number of carboxylic acid groups (broad SMARTS) is 1. The highest BCUT2D eigenvalue weighted by Gasteiger charge is 2.37. The van der Waals surface area contributed by atoms with Gasteiger partial charge in [-0.25, -0.2) is 17.9 Å². The number of carbonyl (C=O) groups excluding carboxylic acids is 1. The quantitative estimate of drug-likeness (QED) is 0.673. The van der Waals surface area contributed by atoms with E-state index < -0.39 is 51.1 Å². The number of carbonyl (C=O) groups is 2. The number of nitrogens with one attached hydrogen (secondary N) is 1. The molecule has 0 bridgehead atoms. The van der Waals surface area contributed by atoms with E-state index in [0.717, 1.165) is 4.90 Å². The number of nitrogens with zero attached hydrogens (tertiary/aromatic N) is 1. The van der Waals surface area contributed by atoms with Crippen LogP contribution in [0.5, 0.6) is 0 Å². The Morgan fingerprint density at radius 1 is 0.967 bits per heavy atom. The van der Waals surface area contributed by atoms with Crippen molar-refractivity contribution in [1.29, 1.82) is 0 Å². The number of hydrogen-bond acceptors (Lipinski definition) is 4. The fraction of sp³-hybridized carbons (Fsp3) is 0.375. The van der Waals surface area contributed by atoms with E-state index in [0.29, 0.717) is 5.41 Å². The molecule has 2 N–H and O–H groups in total. The number of alkyl halides is 6. The highest BCUT2D eigenvalue weighted by molar-refractivity contribution is 7.93. The molecule has 2 rings (SSSR count). The normalized spacial score (nSPS) is 15.7. The number of piperidine rings is 1. The molecule has 0 aliphatic carbocycles. The van der Waals surface area contributed by atoms with Crippen LogP contribution in [0.2, 0.25) is 0 Å². The van der Waals surface area contributed by atoms with E-state index in [1.54, 1.807) is 0 Å². The van der Waals surface area contributed by atoms with Gasteiger partial charge in [0.25, 0.3) is 15.9 Å². The summed E-state index contributed by atoms with van der Waals surface area (Å²) in [6.07, 6.45) is -11.5. The van der Waals surface area contributed by atoms with Gasteiger partial charge in [-0.3, -0.25) is 4.79 Å². The van der Waals surface area contributed by atoms with E-state index in [1.165, 1.54) is 4.72 Å². The van der Waals surface area contributed by atoms with Gasteiger partial charge in [-0.15, -0.1) is 0 Å². The number of amides is 2. The third-order valence-corrected chi connectivity index (χ3v) is 5.20. The predicted octanol–water partition coefficient (Wildman–Crippen LogP) is 3.44. The molecule has 7 nitrogen and oxygen atoms in total. The standard InChI is InChI=1S/C16H14F6N2O5S/c17-15(18,19)11-5-10(6-12(7-11)16(20,21)22)13(25)23-30(28,29)8-9-1-3-24(4-2-9)14(26)27/h5-8H,1-4H2,(H,23,25)(H,26,27). The van der Waals surface area contributed by atoms with Gasteiger partial charge in [0.05, 0.1) is 16.5 Å². The second-order valence-corrected chi connectivity index (χ2v) is 7.85. The largest absolute Gasteiger partial charge is 0.465 e. The Labute approximate surface area is 166 Å². The van der Waals surface area contributed by atoms with Gasteiger partial charge < -0.3 is 10.0 Å². The summed E-state index contributed by atoms with van der Waals surface area (Å²) in [4.78, 5) is 23.9. The Morgan fingerprint density at radius 2 is 1.43 bits per heavy atom. The molecule has 0 aromatic heterocycles. The van der Waals surface area contributed by atoms with Gasteiger partial charge in [-0.1, -0.05) is 5.57 Å². The van der Waals surface area contributed by atoms with Crippen LogP contribution in [0, 0.1) is 0 Å². The fourth-order valence-corrected chi connectivity index (χ4v) is 3.74. The molecule has 1 aliphatic heterocycles. The Hall–Kier alpha value is -2.77. The average Bonchev–Trinajstić information content (AvgIpc) is 2.59. The van der Waals surface area contributed by atoms with Crippen LogP contribution < -0.4 is 4.72 Å². The lowest BCUT2D eigenvalue weighted by atomic mass is 10.0. The zero-order valence-electron chi connectivity index (χ0n) is 14.8. The van der Waals surface area contributed by atoms with Crippen LogP contribution in [0.4, 0.5) is 31.1 Å². The molecule has 1 aromatic carbocycles. The molecule has 0 radical (unpaired) electrons. The molecule has 0 unspecified atom stereocenters. The van der Waals surface area contributed by atoms with Gasteiger partial charge in [0, 0.05) is 18.7 Å². The van der Waals surface area contributed by atoms with Crippen LogP contribution in [0.1, 0.15) is 34.3 Å². The molecular weight excluding hydrogens is 446 g/mol. The van der Waals surface area contributed by atoms with E-state index in [2.05, 4.69) is 0 Å². The number of benzene rings is 1. The molecule has 1 aliphatic rings. The summed E-state index contributed by atoms with van der Waals surface area (Å²) in [6.45, 7) is -0.0135. The number of likely N-dealkylation sites (tertiary alicyclic amines) is 1. The van der Waals surface area contributed by atoms with Crippen molar-refractivity contribution in [3.8, 4) is 0 Å². The summed E-state index contributed by atoms with van der Waals surface area (Å²) < 4.78 is 103. The molecule has 166 valence electrons. The minimum absolute atomic E-state index is 0.00674. The van der Waals surface area contributed by atoms with Gasteiger partial charge in [0.15, 0.2) is 0 Å². The van der Waals surface area contributed by atoms with Gasteiger partial charge in [-0.05, 0) is 31.0 Å². The maximum absolute atomic E-state index is 12.9. The van der Waals surface area contributed by atoms with Crippen molar-refractivity contribution in [2.75, 3.05) is 13.1 Å². The van der Waals surface area contributed by atoms with Crippen molar-refractivity contribution in [1.82, 2.24) is 9.62 Å². The Morgan fingerprint density at radius 3 is 1.83 bits per heavy atom. The van der Waals surface area contributed by atoms with Gasteiger partial charge in [0.2, 0.25) is 0 Å². The topological polar surface area (TPSA) is 104 Å². The van der Waals surface area contributed by atoms with E-state index in [4.69, 9.17) is 5.11 Å².